The van der Waals surface area contributed by atoms with Crippen LogP contribution in [0, 0.1) is 5.41 Å². The van der Waals surface area contributed by atoms with Crippen molar-refractivity contribution in [1.29, 1.82) is 5.41 Å². The van der Waals surface area contributed by atoms with Crippen molar-refractivity contribution < 1.29 is 4.79 Å². The van der Waals surface area contributed by atoms with Crippen LogP contribution in [0.3, 0.4) is 0 Å². The molecule has 0 aromatic heterocycles. The van der Waals surface area contributed by atoms with E-state index in [9.17, 15) is 4.79 Å². The van der Waals surface area contributed by atoms with E-state index in [-0.39, 0.29) is 11.9 Å². The number of nitrogens with zero attached hydrogens (tertiary/aromatic N) is 1. The molecule has 0 saturated carbocycles. The monoisotopic (exact) mass is 234 g/mol. The first-order valence-corrected chi connectivity index (χ1v) is 5.52. The smallest absolute Gasteiger partial charge is 0.321 e. The Morgan fingerprint density at radius 1 is 1.53 bits per heavy atom. The zero-order valence-corrected chi connectivity index (χ0v) is 10.2. The second-order valence-electron chi connectivity index (χ2n) is 3.75. The number of benzene rings is 1. The molecule has 0 bridgehead atoms. The lowest BCUT2D eigenvalue weighted by Crippen LogP contribution is -2.37. The first kappa shape index (κ1) is 13.0. The Morgan fingerprint density at radius 3 is 2.82 bits per heavy atom. The van der Waals surface area contributed by atoms with Crippen molar-refractivity contribution in [3.8, 4) is 0 Å². The van der Waals surface area contributed by atoms with Crippen molar-refractivity contribution >= 4 is 17.6 Å². The summed E-state index contributed by atoms with van der Waals surface area (Å²) in [7, 11) is 1.68. The van der Waals surface area contributed by atoms with Crippen LogP contribution in [0.1, 0.15) is 18.9 Å². The van der Waals surface area contributed by atoms with Crippen LogP contribution in [0.25, 0.3) is 0 Å². The predicted molar refractivity (Wildman–Crippen MR) is 69.6 cm³/mol. The summed E-state index contributed by atoms with van der Waals surface area (Å²) in [6.07, 6.45) is 0.896. The Morgan fingerprint density at radius 2 is 2.24 bits per heavy atom. The maximum atomic E-state index is 11.7. The van der Waals surface area contributed by atoms with Gasteiger partial charge in [0.2, 0.25) is 0 Å². The lowest BCUT2D eigenvalue weighted by molar-refractivity contribution is 0.247. The zero-order chi connectivity index (χ0) is 12.8. The Labute approximate surface area is 101 Å². The molecule has 17 heavy (non-hydrogen) atoms. The van der Waals surface area contributed by atoms with Crippen LogP contribution in [0.5, 0.6) is 0 Å². The van der Waals surface area contributed by atoms with Gasteiger partial charge in [-0.1, -0.05) is 19.1 Å². The molecule has 5 heteroatoms. The van der Waals surface area contributed by atoms with Crippen molar-refractivity contribution in [2.24, 2.45) is 5.73 Å². The molecule has 0 heterocycles. The van der Waals surface area contributed by atoms with Crippen LogP contribution in [-0.2, 0) is 0 Å². The summed E-state index contributed by atoms with van der Waals surface area (Å²) < 4.78 is 0. The van der Waals surface area contributed by atoms with E-state index in [4.69, 9.17) is 11.1 Å². The van der Waals surface area contributed by atoms with Gasteiger partial charge in [-0.3, -0.25) is 10.3 Å². The van der Waals surface area contributed by atoms with E-state index in [1.165, 1.54) is 4.90 Å². The molecule has 0 fully saturated rings. The number of hydrogen-bond acceptors (Lipinski definition) is 2. The van der Waals surface area contributed by atoms with Gasteiger partial charge in [-0.15, -0.1) is 0 Å². The van der Waals surface area contributed by atoms with Crippen LogP contribution in [-0.4, -0.2) is 25.5 Å². The number of carbonyl (C=O) groups is 1. The zero-order valence-electron chi connectivity index (χ0n) is 10.2. The molecule has 0 saturated heterocycles. The summed E-state index contributed by atoms with van der Waals surface area (Å²) in [6, 6.07) is 6.87. The first-order chi connectivity index (χ1) is 8.06. The van der Waals surface area contributed by atoms with Gasteiger partial charge in [-0.05, 0) is 18.6 Å². The van der Waals surface area contributed by atoms with E-state index in [2.05, 4.69) is 5.32 Å². The summed E-state index contributed by atoms with van der Waals surface area (Å²) in [6.45, 7) is 2.65. The normalized spacial score (nSPS) is 9.76. The first-order valence-electron chi connectivity index (χ1n) is 5.52. The highest BCUT2D eigenvalue weighted by Crippen LogP contribution is 2.14. The minimum atomic E-state index is -0.160. The van der Waals surface area contributed by atoms with Gasteiger partial charge in [0, 0.05) is 24.8 Å². The second-order valence-corrected chi connectivity index (χ2v) is 3.75. The molecule has 1 aromatic rings. The molecule has 4 N–H and O–H groups in total. The highest BCUT2D eigenvalue weighted by Gasteiger charge is 2.10. The lowest BCUT2D eigenvalue weighted by atomic mass is 10.2. The van der Waals surface area contributed by atoms with E-state index in [0.717, 1.165) is 6.42 Å². The Hall–Kier alpha value is -2.04. The molecule has 0 aliphatic rings. The molecule has 92 valence electrons. The van der Waals surface area contributed by atoms with Crippen LogP contribution in [0.4, 0.5) is 10.5 Å². The number of carbonyl (C=O) groups excluding carboxylic acids is 1. The standard InChI is InChI=1S/C12H18N4O/c1-3-7-15-12(17)16(2)10-6-4-5-9(8-10)11(13)14/h4-6,8H,3,7H2,1-2H3,(H3,13,14)(H,15,17). The van der Waals surface area contributed by atoms with Crippen LogP contribution in [0.2, 0.25) is 0 Å². The molecule has 0 aliphatic carbocycles. The summed E-state index contributed by atoms with van der Waals surface area (Å²) in [4.78, 5) is 13.2. The minimum Gasteiger partial charge on any atom is -0.384 e. The summed E-state index contributed by atoms with van der Waals surface area (Å²) >= 11 is 0. The number of anilines is 1. The summed E-state index contributed by atoms with van der Waals surface area (Å²) in [5.74, 6) is -0.00536. The quantitative estimate of drug-likeness (QED) is 0.545. The molecule has 5 nitrogen and oxygen atoms in total. The van der Waals surface area contributed by atoms with Gasteiger partial charge >= 0.3 is 6.03 Å². The molecule has 1 rings (SSSR count). The van der Waals surface area contributed by atoms with E-state index < -0.39 is 0 Å². The molecule has 0 radical (unpaired) electrons. The Balaban J connectivity index is 2.81. The minimum absolute atomic E-state index is 0.00536. The fourth-order valence-electron chi connectivity index (χ4n) is 1.35. The van der Waals surface area contributed by atoms with Crippen molar-refractivity contribution in [2.45, 2.75) is 13.3 Å². The van der Waals surface area contributed by atoms with E-state index >= 15 is 0 Å². The van der Waals surface area contributed by atoms with Gasteiger partial charge in [-0.25, -0.2) is 4.79 Å². The molecule has 0 atom stereocenters. The third kappa shape index (κ3) is 3.48. The van der Waals surface area contributed by atoms with Gasteiger partial charge in [0.05, 0.1) is 0 Å². The number of rotatable bonds is 4. The number of hydrogen-bond donors (Lipinski definition) is 3. The molecule has 0 unspecified atom stereocenters. The van der Waals surface area contributed by atoms with Gasteiger partial charge in [0.25, 0.3) is 0 Å². The van der Waals surface area contributed by atoms with Gasteiger partial charge in [0.1, 0.15) is 5.84 Å². The number of amides is 2. The van der Waals surface area contributed by atoms with Crippen LogP contribution in [0.15, 0.2) is 24.3 Å². The highest BCUT2D eigenvalue weighted by molar-refractivity contribution is 5.97. The fourth-order valence-corrected chi connectivity index (χ4v) is 1.35. The fraction of sp³-hybridized carbons (Fsp3) is 0.333. The molecular formula is C12H18N4O. The average molecular weight is 234 g/mol. The lowest BCUT2D eigenvalue weighted by Gasteiger charge is -2.18. The van der Waals surface area contributed by atoms with Crippen molar-refractivity contribution in [1.82, 2.24) is 5.32 Å². The maximum absolute atomic E-state index is 11.7. The second kappa shape index (κ2) is 5.89. The Bertz CT molecular complexity index is 417. The SMILES string of the molecule is CCCNC(=O)N(C)c1cccc(C(=N)N)c1. The molecule has 0 spiro atoms. The number of amidine groups is 1. The summed E-state index contributed by atoms with van der Waals surface area (Å²) in [5.41, 5.74) is 6.73. The van der Waals surface area contributed by atoms with Gasteiger partial charge < -0.3 is 11.1 Å². The molecule has 2 amide bonds. The van der Waals surface area contributed by atoms with Crippen molar-refractivity contribution in [2.75, 3.05) is 18.5 Å². The van der Waals surface area contributed by atoms with E-state index in [1.807, 2.05) is 6.92 Å². The van der Waals surface area contributed by atoms with Crippen LogP contribution < -0.4 is 16.0 Å². The third-order valence-corrected chi connectivity index (χ3v) is 2.38. The van der Waals surface area contributed by atoms with Crippen molar-refractivity contribution in [3.63, 3.8) is 0 Å². The van der Waals surface area contributed by atoms with Gasteiger partial charge in [-0.2, -0.15) is 0 Å². The average Bonchev–Trinajstić information content (AvgIpc) is 2.35. The number of nitrogens with one attached hydrogen (secondary N) is 2. The van der Waals surface area contributed by atoms with Gasteiger partial charge in [0.15, 0.2) is 0 Å². The van der Waals surface area contributed by atoms with E-state index in [0.29, 0.717) is 17.8 Å². The van der Waals surface area contributed by atoms with E-state index in [1.54, 1.807) is 31.3 Å². The topological polar surface area (TPSA) is 82.2 Å². The number of nitrogen functional groups attached to an aromatic ring is 1. The summed E-state index contributed by atoms with van der Waals surface area (Å²) in [5, 5.41) is 10.1. The molecule has 0 aliphatic heterocycles. The Kier molecular flexibility index (Phi) is 4.51. The van der Waals surface area contributed by atoms with Crippen LogP contribution >= 0.6 is 0 Å². The molecule has 1 aromatic carbocycles. The third-order valence-electron chi connectivity index (χ3n) is 2.38. The van der Waals surface area contributed by atoms with Crippen molar-refractivity contribution in [3.05, 3.63) is 29.8 Å². The number of nitrogens with two attached hydrogens (primary N) is 1. The predicted octanol–water partition coefficient (Wildman–Crippen LogP) is 1.53. The number of urea groups is 1. The largest absolute Gasteiger partial charge is 0.384 e. The highest BCUT2D eigenvalue weighted by atomic mass is 16.2. The molecular weight excluding hydrogens is 216 g/mol. The maximum Gasteiger partial charge on any atom is 0.321 e.